The molecule has 2 heterocycles. The van der Waals surface area contributed by atoms with Crippen molar-refractivity contribution < 1.29 is 4.79 Å². The number of aromatic nitrogens is 3. The number of aryl methyl sites for hydroxylation is 1. The zero-order chi connectivity index (χ0) is 20.1. The fourth-order valence-electron chi connectivity index (χ4n) is 2.84. The van der Waals surface area contributed by atoms with Crippen LogP contribution >= 0.6 is 0 Å². The van der Waals surface area contributed by atoms with E-state index in [4.69, 9.17) is 0 Å². The van der Waals surface area contributed by atoms with E-state index < -0.39 is 0 Å². The van der Waals surface area contributed by atoms with Crippen LogP contribution in [0.2, 0.25) is 0 Å². The Labute approximate surface area is 168 Å². The highest BCUT2D eigenvalue weighted by molar-refractivity contribution is 6.04. The maximum atomic E-state index is 12.4. The van der Waals surface area contributed by atoms with Crippen LogP contribution in [-0.4, -0.2) is 20.9 Å². The van der Waals surface area contributed by atoms with E-state index in [0.717, 1.165) is 11.3 Å². The fourth-order valence-corrected chi connectivity index (χ4v) is 2.84. The number of benzene rings is 2. The van der Waals surface area contributed by atoms with E-state index in [1.165, 1.54) is 0 Å². The van der Waals surface area contributed by atoms with Gasteiger partial charge in [-0.3, -0.25) is 9.69 Å². The first-order valence-electron chi connectivity index (χ1n) is 9.17. The molecule has 6 heteroatoms. The summed E-state index contributed by atoms with van der Waals surface area (Å²) in [5.41, 5.74) is 3.27. The summed E-state index contributed by atoms with van der Waals surface area (Å²) in [5.74, 6) is 1.07. The van der Waals surface area contributed by atoms with Crippen LogP contribution in [0.15, 0.2) is 91.4 Å². The Hall–Kier alpha value is -4.06. The maximum absolute atomic E-state index is 12.4. The van der Waals surface area contributed by atoms with Crippen LogP contribution in [0.4, 0.5) is 23.1 Å². The maximum Gasteiger partial charge on any atom is 0.255 e. The summed E-state index contributed by atoms with van der Waals surface area (Å²) in [7, 11) is 0. The van der Waals surface area contributed by atoms with Crippen molar-refractivity contribution >= 4 is 29.0 Å². The average Bonchev–Trinajstić information content (AvgIpc) is 2.77. The second-order valence-corrected chi connectivity index (χ2v) is 6.44. The molecule has 2 aromatic carbocycles. The Balaban J connectivity index is 1.59. The van der Waals surface area contributed by atoms with Crippen LogP contribution in [0.3, 0.4) is 0 Å². The molecule has 0 saturated heterocycles. The van der Waals surface area contributed by atoms with Crippen LogP contribution in [0.25, 0.3) is 0 Å². The van der Waals surface area contributed by atoms with Crippen molar-refractivity contribution in [3.05, 3.63) is 103 Å². The number of hydrogen-bond donors (Lipinski definition) is 1. The third-order valence-electron chi connectivity index (χ3n) is 4.33. The van der Waals surface area contributed by atoms with Crippen molar-refractivity contribution in [1.82, 2.24) is 15.0 Å². The highest BCUT2D eigenvalue weighted by Crippen LogP contribution is 2.30. The van der Waals surface area contributed by atoms with Crippen LogP contribution in [0.5, 0.6) is 0 Å². The largest absolute Gasteiger partial charge is 0.322 e. The van der Waals surface area contributed by atoms with Crippen LogP contribution in [-0.2, 0) is 0 Å². The molecule has 0 atom stereocenters. The molecule has 0 unspecified atom stereocenters. The number of carbonyl (C=O) groups excluding carboxylic acids is 1. The van der Waals surface area contributed by atoms with Crippen LogP contribution in [0.1, 0.15) is 15.9 Å². The zero-order valence-corrected chi connectivity index (χ0v) is 15.9. The third-order valence-corrected chi connectivity index (χ3v) is 4.33. The number of carbonyl (C=O) groups is 1. The van der Waals surface area contributed by atoms with Gasteiger partial charge in [0.25, 0.3) is 5.91 Å². The minimum Gasteiger partial charge on any atom is -0.322 e. The van der Waals surface area contributed by atoms with Gasteiger partial charge in [0.2, 0.25) is 5.95 Å². The second-order valence-electron chi connectivity index (χ2n) is 6.44. The lowest BCUT2D eigenvalue weighted by molar-refractivity contribution is 0.102. The zero-order valence-electron chi connectivity index (χ0n) is 15.9. The summed E-state index contributed by atoms with van der Waals surface area (Å²) in [5, 5.41) is 2.92. The summed E-state index contributed by atoms with van der Waals surface area (Å²) in [6.07, 6.45) is 5.10. The molecule has 142 valence electrons. The predicted octanol–water partition coefficient (Wildman–Crippen LogP) is 4.90. The Kier molecular flexibility index (Phi) is 5.25. The molecule has 0 aliphatic heterocycles. The summed E-state index contributed by atoms with van der Waals surface area (Å²) >= 11 is 0. The van der Waals surface area contributed by atoms with Gasteiger partial charge in [-0.25, -0.2) is 15.0 Å². The summed E-state index contributed by atoms with van der Waals surface area (Å²) < 4.78 is 0. The van der Waals surface area contributed by atoms with Gasteiger partial charge in [-0.05, 0) is 61.5 Å². The lowest BCUT2D eigenvalue weighted by Crippen LogP contribution is -2.15. The van der Waals surface area contributed by atoms with Crippen LogP contribution in [0, 0.1) is 6.92 Å². The Morgan fingerprint density at radius 3 is 2.14 bits per heavy atom. The minimum absolute atomic E-state index is 0.147. The van der Waals surface area contributed by atoms with Crippen molar-refractivity contribution in [3.63, 3.8) is 0 Å². The van der Waals surface area contributed by atoms with E-state index in [1.54, 1.807) is 24.7 Å². The van der Waals surface area contributed by atoms with Gasteiger partial charge >= 0.3 is 0 Å². The number of nitrogens with one attached hydrogen (secondary N) is 1. The molecule has 0 fully saturated rings. The molecule has 0 aliphatic rings. The number of anilines is 4. The molecule has 6 nitrogen and oxygen atoms in total. The topological polar surface area (TPSA) is 71.0 Å². The molecule has 0 aliphatic carbocycles. The number of hydrogen-bond acceptors (Lipinski definition) is 5. The van der Waals surface area contributed by atoms with Gasteiger partial charge in [-0.15, -0.1) is 0 Å². The standard InChI is InChI=1S/C23H19N5O/c1-17-6-8-18(9-7-17)22(29)27-19-10-12-20(13-11-19)28(21-5-2-3-14-24-21)23-25-15-4-16-26-23/h2-16H,1H3,(H,27,29). The van der Waals surface area contributed by atoms with E-state index in [-0.39, 0.29) is 5.91 Å². The predicted molar refractivity (Wildman–Crippen MR) is 114 cm³/mol. The second kappa shape index (κ2) is 8.31. The summed E-state index contributed by atoms with van der Waals surface area (Å²) in [6.45, 7) is 1.99. The molecular formula is C23H19N5O. The molecule has 0 bridgehead atoms. The molecule has 2 aromatic heterocycles. The van der Waals surface area contributed by atoms with Gasteiger partial charge in [0.05, 0.1) is 5.69 Å². The van der Waals surface area contributed by atoms with Crippen molar-refractivity contribution in [2.45, 2.75) is 6.92 Å². The highest BCUT2D eigenvalue weighted by Gasteiger charge is 2.15. The molecule has 0 saturated carbocycles. The number of pyridine rings is 1. The van der Waals surface area contributed by atoms with E-state index in [0.29, 0.717) is 23.0 Å². The average molecular weight is 381 g/mol. The van der Waals surface area contributed by atoms with Gasteiger partial charge in [-0.1, -0.05) is 23.8 Å². The molecule has 0 radical (unpaired) electrons. The molecule has 4 aromatic rings. The van der Waals surface area contributed by atoms with E-state index in [9.17, 15) is 4.79 Å². The van der Waals surface area contributed by atoms with E-state index >= 15 is 0 Å². The van der Waals surface area contributed by atoms with Gasteiger partial charge in [-0.2, -0.15) is 0 Å². The molecule has 1 N–H and O–H groups in total. The molecule has 0 spiro atoms. The summed E-state index contributed by atoms with van der Waals surface area (Å²) in [6, 6.07) is 22.4. The van der Waals surface area contributed by atoms with Gasteiger partial charge in [0, 0.05) is 29.8 Å². The normalized spacial score (nSPS) is 10.4. The molecular weight excluding hydrogens is 362 g/mol. The summed E-state index contributed by atoms with van der Waals surface area (Å²) in [4.78, 5) is 27.4. The Morgan fingerprint density at radius 1 is 0.793 bits per heavy atom. The monoisotopic (exact) mass is 381 g/mol. The van der Waals surface area contributed by atoms with Crippen molar-refractivity contribution in [2.75, 3.05) is 10.2 Å². The first-order chi connectivity index (χ1) is 14.2. The molecule has 1 amide bonds. The molecule has 29 heavy (non-hydrogen) atoms. The van der Waals surface area contributed by atoms with E-state index in [2.05, 4.69) is 20.3 Å². The first-order valence-corrected chi connectivity index (χ1v) is 9.17. The van der Waals surface area contributed by atoms with Gasteiger partial charge in [0.15, 0.2) is 0 Å². The number of amides is 1. The first kappa shape index (κ1) is 18.3. The van der Waals surface area contributed by atoms with Crippen molar-refractivity contribution in [3.8, 4) is 0 Å². The van der Waals surface area contributed by atoms with Gasteiger partial charge < -0.3 is 5.32 Å². The SMILES string of the molecule is Cc1ccc(C(=O)Nc2ccc(N(c3ccccn3)c3ncccn3)cc2)cc1. The minimum atomic E-state index is -0.147. The molecule has 4 rings (SSSR count). The number of nitrogens with zero attached hydrogens (tertiary/aromatic N) is 4. The van der Waals surface area contributed by atoms with Crippen molar-refractivity contribution in [1.29, 1.82) is 0 Å². The smallest absolute Gasteiger partial charge is 0.255 e. The Morgan fingerprint density at radius 2 is 1.48 bits per heavy atom. The number of rotatable bonds is 5. The lowest BCUT2D eigenvalue weighted by Gasteiger charge is -2.21. The van der Waals surface area contributed by atoms with Crippen molar-refractivity contribution in [2.24, 2.45) is 0 Å². The fraction of sp³-hybridized carbons (Fsp3) is 0.0435. The van der Waals surface area contributed by atoms with Gasteiger partial charge in [0.1, 0.15) is 5.82 Å². The Bertz CT molecular complexity index is 1040. The quantitative estimate of drug-likeness (QED) is 0.532. The third kappa shape index (κ3) is 4.27. The van der Waals surface area contributed by atoms with Crippen LogP contribution < -0.4 is 10.2 Å². The lowest BCUT2D eigenvalue weighted by atomic mass is 10.1. The highest BCUT2D eigenvalue weighted by atomic mass is 16.1. The van der Waals surface area contributed by atoms with E-state index in [1.807, 2.05) is 78.6 Å².